The van der Waals surface area contributed by atoms with E-state index in [1.807, 2.05) is 49.5 Å². The molecule has 1 aliphatic carbocycles. The maximum atomic E-state index is 14.7. The molecule has 1 saturated heterocycles. The molecule has 1 amide bonds. The van der Waals surface area contributed by atoms with Crippen LogP contribution in [0, 0.1) is 5.82 Å². The number of halogens is 1. The summed E-state index contributed by atoms with van der Waals surface area (Å²) in [7, 11) is 0. The molecule has 0 spiro atoms. The summed E-state index contributed by atoms with van der Waals surface area (Å²) in [5, 5.41) is 4.75. The van der Waals surface area contributed by atoms with Crippen molar-refractivity contribution in [2.45, 2.75) is 38.6 Å². The number of ether oxygens (including phenoxy) is 1. The van der Waals surface area contributed by atoms with Crippen molar-refractivity contribution in [1.29, 1.82) is 0 Å². The standard InChI is InChI=1S/C26H24FN3O2S2/c1-2-32-22-13-12-17(14-21(22)27)24-18(16-29(28-24)19-8-4-3-5-9-19)15-23-25(31)30(26(33)34-23)20-10-6-7-11-20/h3-5,8-9,12-16,20H,2,6-7,10-11H2,1H3. The van der Waals surface area contributed by atoms with Crippen LogP contribution in [0.2, 0.25) is 0 Å². The molecule has 5 nitrogen and oxygen atoms in total. The van der Waals surface area contributed by atoms with E-state index in [0.717, 1.165) is 36.9 Å². The average molecular weight is 494 g/mol. The van der Waals surface area contributed by atoms with Crippen molar-refractivity contribution in [2.24, 2.45) is 0 Å². The number of benzene rings is 2. The van der Waals surface area contributed by atoms with Crippen molar-refractivity contribution >= 4 is 40.3 Å². The first-order chi connectivity index (χ1) is 16.5. The highest BCUT2D eigenvalue weighted by Crippen LogP contribution is 2.39. The lowest BCUT2D eigenvalue weighted by atomic mass is 10.1. The Bertz CT molecular complexity index is 1270. The summed E-state index contributed by atoms with van der Waals surface area (Å²) in [5.41, 5.74) is 2.78. The second-order valence-corrected chi connectivity index (χ2v) is 9.96. The molecule has 1 aromatic heterocycles. The number of carbonyl (C=O) groups is 1. The predicted molar refractivity (Wildman–Crippen MR) is 137 cm³/mol. The monoisotopic (exact) mass is 493 g/mol. The zero-order valence-electron chi connectivity index (χ0n) is 18.7. The molecule has 174 valence electrons. The van der Waals surface area contributed by atoms with Crippen LogP contribution in [-0.4, -0.2) is 37.6 Å². The number of carbonyl (C=O) groups excluding carboxylic acids is 1. The first-order valence-corrected chi connectivity index (χ1v) is 12.6. The SMILES string of the molecule is CCOc1ccc(-c2nn(-c3ccccc3)cc2C=C2SC(=S)N(C3CCCC3)C2=O)cc1F. The van der Waals surface area contributed by atoms with Crippen molar-refractivity contribution < 1.29 is 13.9 Å². The minimum atomic E-state index is -0.452. The highest BCUT2D eigenvalue weighted by atomic mass is 32.2. The van der Waals surface area contributed by atoms with Crippen LogP contribution in [-0.2, 0) is 4.79 Å². The number of hydrogen-bond donors (Lipinski definition) is 0. The van der Waals surface area contributed by atoms with Crippen LogP contribution in [0.5, 0.6) is 5.75 Å². The fourth-order valence-corrected chi connectivity index (χ4v) is 5.84. The molecule has 1 aliphatic heterocycles. The number of thioether (sulfide) groups is 1. The Morgan fingerprint density at radius 3 is 2.68 bits per heavy atom. The average Bonchev–Trinajstić information content (AvgIpc) is 3.56. The third-order valence-electron chi connectivity index (χ3n) is 6.07. The van der Waals surface area contributed by atoms with Gasteiger partial charge in [0.15, 0.2) is 11.6 Å². The first-order valence-electron chi connectivity index (χ1n) is 11.4. The fraction of sp³-hybridized carbons (Fsp3) is 0.269. The zero-order chi connectivity index (χ0) is 23.7. The maximum absolute atomic E-state index is 14.7. The molecule has 0 radical (unpaired) electrons. The highest BCUT2D eigenvalue weighted by Gasteiger charge is 2.38. The van der Waals surface area contributed by atoms with E-state index in [1.165, 1.54) is 17.8 Å². The topological polar surface area (TPSA) is 47.4 Å². The first kappa shape index (κ1) is 22.8. The number of hydrogen-bond acceptors (Lipinski definition) is 5. The smallest absolute Gasteiger partial charge is 0.266 e. The molecule has 0 atom stereocenters. The fourth-order valence-electron chi connectivity index (χ4n) is 4.45. The lowest BCUT2D eigenvalue weighted by Gasteiger charge is -2.21. The Morgan fingerprint density at radius 2 is 1.97 bits per heavy atom. The van der Waals surface area contributed by atoms with Gasteiger partial charge in [0.1, 0.15) is 10.0 Å². The molecule has 1 saturated carbocycles. The van der Waals surface area contributed by atoms with Crippen molar-refractivity contribution in [3.8, 4) is 22.7 Å². The normalized spacial score (nSPS) is 17.8. The summed E-state index contributed by atoms with van der Waals surface area (Å²) >= 11 is 6.88. The van der Waals surface area contributed by atoms with E-state index >= 15 is 0 Å². The molecule has 0 bridgehead atoms. The molecule has 2 fully saturated rings. The van der Waals surface area contributed by atoms with Gasteiger partial charge < -0.3 is 4.74 Å². The maximum Gasteiger partial charge on any atom is 0.266 e. The van der Waals surface area contributed by atoms with E-state index in [9.17, 15) is 9.18 Å². The molecule has 0 unspecified atom stereocenters. The summed E-state index contributed by atoms with van der Waals surface area (Å²) < 4.78 is 22.4. The van der Waals surface area contributed by atoms with Gasteiger partial charge in [-0.25, -0.2) is 9.07 Å². The Balaban J connectivity index is 1.56. The molecule has 3 aromatic rings. The van der Waals surface area contributed by atoms with E-state index < -0.39 is 5.82 Å². The number of amides is 1. The summed E-state index contributed by atoms with van der Waals surface area (Å²) in [4.78, 5) is 15.6. The molecule has 2 heterocycles. The van der Waals surface area contributed by atoms with Gasteiger partial charge in [-0.15, -0.1) is 0 Å². The van der Waals surface area contributed by atoms with Crippen LogP contribution >= 0.6 is 24.0 Å². The lowest BCUT2D eigenvalue weighted by Crippen LogP contribution is -2.36. The number of thiocarbonyl (C=S) groups is 1. The zero-order valence-corrected chi connectivity index (χ0v) is 20.4. The van der Waals surface area contributed by atoms with Crippen molar-refractivity contribution in [3.63, 3.8) is 0 Å². The predicted octanol–water partition coefficient (Wildman–Crippen LogP) is 6.22. The Kier molecular flexibility index (Phi) is 6.52. The lowest BCUT2D eigenvalue weighted by molar-refractivity contribution is -0.123. The number of rotatable bonds is 6. The quantitative estimate of drug-likeness (QED) is 0.301. The van der Waals surface area contributed by atoms with Gasteiger partial charge in [0, 0.05) is 23.4 Å². The van der Waals surface area contributed by atoms with Gasteiger partial charge in [-0.1, -0.05) is 55.0 Å². The number of nitrogens with zero attached hydrogens (tertiary/aromatic N) is 3. The second-order valence-electron chi connectivity index (χ2n) is 8.28. The number of para-hydroxylation sites is 1. The molecule has 34 heavy (non-hydrogen) atoms. The Labute approximate surface area is 207 Å². The minimum Gasteiger partial charge on any atom is -0.491 e. The van der Waals surface area contributed by atoms with Gasteiger partial charge >= 0.3 is 0 Å². The molecule has 0 N–H and O–H groups in total. The van der Waals surface area contributed by atoms with E-state index in [1.54, 1.807) is 21.7 Å². The van der Waals surface area contributed by atoms with Crippen LogP contribution in [0.25, 0.3) is 23.0 Å². The molecule has 2 aliphatic rings. The molecular formula is C26H24FN3O2S2. The van der Waals surface area contributed by atoms with Crippen LogP contribution < -0.4 is 4.74 Å². The van der Waals surface area contributed by atoms with Gasteiger partial charge in [-0.2, -0.15) is 5.10 Å². The van der Waals surface area contributed by atoms with Crippen LogP contribution in [0.1, 0.15) is 38.2 Å². The van der Waals surface area contributed by atoms with Crippen LogP contribution in [0.4, 0.5) is 4.39 Å². The third kappa shape index (κ3) is 4.40. The van der Waals surface area contributed by atoms with Crippen molar-refractivity contribution in [1.82, 2.24) is 14.7 Å². The minimum absolute atomic E-state index is 0.0572. The van der Waals surface area contributed by atoms with E-state index in [2.05, 4.69) is 0 Å². The third-order valence-corrected chi connectivity index (χ3v) is 7.40. The van der Waals surface area contributed by atoms with Crippen molar-refractivity contribution in [2.75, 3.05) is 6.61 Å². The Morgan fingerprint density at radius 1 is 1.21 bits per heavy atom. The van der Waals surface area contributed by atoms with E-state index in [0.29, 0.717) is 27.1 Å². The number of aromatic nitrogens is 2. The van der Waals surface area contributed by atoms with Gasteiger partial charge in [0.05, 0.1) is 17.2 Å². The van der Waals surface area contributed by atoms with Gasteiger partial charge in [0.25, 0.3) is 5.91 Å². The summed E-state index contributed by atoms with van der Waals surface area (Å²) in [6.45, 7) is 2.20. The Hall–Kier alpha value is -2.97. The largest absolute Gasteiger partial charge is 0.491 e. The van der Waals surface area contributed by atoms with Crippen LogP contribution in [0.3, 0.4) is 0 Å². The summed E-state index contributed by atoms with van der Waals surface area (Å²) in [5.74, 6) is -0.307. The van der Waals surface area contributed by atoms with Crippen LogP contribution in [0.15, 0.2) is 59.6 Å². The highest BCUT2D eigenvalue weighted by molar-refractivity contribution is 8.26. The summed E-state index contributed by atoms with van der Waals surface area (Å²) in [6, 6.07) is 14.7. The van der Waals surface area contributed by atoms with E-state index in [-0.39, 0.29) is 17.7 Å². The summed E-state index contributed by atoms with van der Waals surface area (Å²) in [6.07, 6.45) is 7.91. The van der Waals surface area contributed by atoms with Gasteiger partial charge in [-0.3, -0.25) is 9.69 Å². The second kappa shape index (κ2) is 9.72. The van der Waals surface area contributed by atoms with Crippen molar-refractivity contribution in [3.05, 3.63) is 71.0 Å². The van der Waals surface area contributed by atoms with Gasteiger partial charge in [-0.05, 0) is 56.2 Å². The molecule has 5 rings (SSSR count). The molecule has 2 aromatic carbocycles. The molecule has 8 heteroatoms. The van der Waals surface area contributed by atoms with E-state index in [4.69, 9.17) is 22.1 Å². The molecular weight excluding hydrogens is 469 g/mol. The van der Waals surface area contributed by atoms with Gasteiger partial charge in [0.2, 0.25) is 0 Å².